The quantitative estimate of drug-likeness (QED) is 0.693. The first-order valence-electron chi connectivity index (χ1n) is 10.4. The van der Waals surface area contributed by atoms with Crippen LogP contribution < -0.4 is 9.80 Å². The average molecular weight is 424 g/mol. The van der Waals surface area contributed by atoms with E-state index in [1.165, 1.54) is 15.9 Å². The summed E-state index contributed by atoms with van der Waals surface area (Å²) >= 11 is 0. The van der Waals surface area contributed by atoms with Gasteiger partial charge in [0.15, 0.2) is 5.78 Å². The minimum Gasteiger partial charge on any atom is -0.368 e. The summed E-state index contributed by atoms with van der Waals surface area (Å²) in [6.07, 6.45) is 0. The maximum atomic E-state index is 14.0. The molecule has 2 aromatic carbocycles. The van der Waals surface area contributed by atoms with E-state index >= 15 is 0 Å². The van der Waals surface area contributed by atoms with E-state index in [-0.39, 0.29) is 30.0 Å². The number of anilines is 2. The van der Waals surface area contributed by atoms with Gasteiger partial charge in [0.25, 0.3) is 0 Å². The number of urea groups is 1. The number of para-hydroxylation sites is 1. The van der Waals surface area contributed by atoms with Crippen molar-refractivity contribution < 1.29 is 18.8 Å². The molecule has 2 aliphatic heterocycles. The number of piperazine rings is 1. The third kappa shape index (κ3) is 4.38. The van der Waals surface area contributed by atoms with E-state index in [9.17, 15) is 18.8 Å². The lowest BCUT2D eigenvalue weighted by Crippen LogP contribution is -2.51. The second-order valence-electron chi connectivity index (χ2n) is 7.78. The molecule has 0 aliphatic carbocycles. The van der Waals surface area contributed by atoms with Gasteiger partial charge in [0.2, 0.25) is 5.91 Å². The van der Waals surface area contributed by atoms with Crippen LogP contribution in [0.3, 0.4) is 0 Å². The van der Waals surface area contributed by atoms with Gasteiger partial charge in [0, 0.05) is 50.5 Å². The maximum Gasteiger partial charge on any atom is 0.325 e. The molecule has 0 N–H and O–H groups in total. The second kappa shape index (κ2) is 8.75. The number of Topliss-reactive ketones (excluding diaryl/α,β-unsaturated/α-hetero) is 1. The molecule has 7 nitrogen and oxygen atoms in total. The van der Waals surface area contributed by atoms with Gasteiger partial charge in [-0.25, -0.2) is 9.18 Å². The van der Waals surface area contributed by atoms with Crippen LogP contribution in [0, 0.1) is 5.82 Å². The molecule has 3 amide bonds. The van der Waals surface area contributed by atoms with Crippen molar-refractivity contribution in [3.05, 3.63) is 59.9 Å². The number of halogens is 1. The summed E-state index contributed by atoms with van der Waals surface area (Å²) in [5, 5.41) is 0. The number of carbonyl (C=O) groups is 3. The van der Waals surface area contributed by atoms with Crippen LogP contribution in [0.4, 0.5) is 20.6 Å². The van der Waals surface area contributed by atoms with Crippen molar-refractivity contribution >= 4 is 29.1 Å². The van der Waals surface area contributed by atoms with Crippen LogP contribution in [-0.4, -0.2) is 73.3 Å². The second-order valence-corrected chi connectivity index (χ2v) is 7.78. The largest absolute Gasteiger partial charge is 0.368 e. The molecule has 0 spiro atoms. The fourth-order valence-corrected chi connectivity index (χ4v) is 4.01. The van der Waals surface area contributed by atoms with E-state index < -0.39 is 5.82 Å². The van der Waals surface area contributed by atoms with Crippen molar-refractivity contribution in [1.29, 1.82) is 0 Å². The van der Waals surface area contributed by atoms with E-state index in [2.05, 4.69) is 4.90 Å². The van der Waals surface area contributed by atoms with Crippen LogP contribution in [0.1, 0.15) is 17.3 Å². The number of carbonyl (C=O) groups excluding carboxylic acids is 3. The highest BCUT2D eigenvalue weighted by Crippen LogP contribution is 2.23. The lowest BCUT2D eigenvalue weighted by atomic mass is 10.1. The zero-order valence-corrected chi connectivity index (χ0v) is 17.5. The van der Waals surface area contributed by atoms with E-state index in [1.807, 2.05) is 24.3 Å². The molecule has 2 heterocycles. The fraction of sp³-hybridized carbons (Fsp3) is 0.348. The number of nitrogens with zero attached hydrogens (tertiary/aromatic N) is 4. The number of amides is 3. The topological polar surface area (TPSA) is 64.2 Å². The maximum absolute atomic E-state index is 14.0. The van der Waals surface area contributed by atoms with E-state index in [4.69, 9.17) is 0 Å². The highest BCUT2D eigenvalue weighted by molar-refractivity contribution is 5.96. The average Bonchev–Trinajstić information content (AvgIpc) is 3.14. The summed E-state index contributed by atoms with van der Waals surface area (Å²) in [7, 11) is 0. The van der Waals surface area contributed by atoms with Crippen molar-refractivity contribution in [2.75, 3.05) is 55.6 Å². The van der Waals surface area contributed by atoms with Crippen molar-refractivity contribution in [2.24, 2.45) is 0 Å². The van der Waals surface area contributed by atoms with Crippen LogP contribution in [0.15, 0.2) is 48.5 Å². The molecule has 0 bridgehead atoms. The minimum absolute atomic E-state index is 0.00288. The van der Waals surface area contributed by atoms with Crippen molar-refractivity contribution in [2.45, 2.75) is 6.92 Å². The first-order valence-corrected chi connectivity index (χ1v) is 10.4. The number of hydrogen-bond donors (Lipinski definition) is 0. The predicted molar refractivity (Wildman–Crippen MR) is 116 cm³/mol. The van der Waals surface area contributed by atoms with Gasteiger partial charge in [-0.2, -0.15) is 0 Å². The van der Waals surface area contributed by atoms with E-state index in [0.717, 1.165) is 5.69 Å². The molecular weight excluding hydrogens is 399 g/mol. The van der Waals surface area contributed by atoms with Gasteiger partial charge in [-0.3, -0.25) is 14.5 Å². The van der Waals surface area contributed by atoms with Gasteiger partial charge in [0.1, 0.15) is 12.4 Å². The summed E-state index contributed by atoms with van der Waals surface area (Å²) in [5.74, 6) is -0.515. The molecule has 2 aliphatic rings. The molecule has 0 atom stereocenters. The fourth-order valence-electron chi connectivity index (χ4n) is 4.01. The molecule has 2 aromatic rings. The lowest BCUT2D eigenvalue weighted by Gasteiger charge is -2.36. The van der Waals surface area contributed by atoms with Gasteiger partial charge >= 0.3 is 6.03 Å². The highest BCUT2D eigenvalue weighted by Gasteiger charge is 2.33. The third-order valence-corrected chi connectivity index (χ3v) is 5.84. The Balaban J connectivity index is 1.31. The van der Waals surface area contributed by atoms with Crippen LogP contribution in [0.2, 0.25) is 0 Å². The normalized spacial score (nSPS) is 16.8. The number of rotatable bonds is 5. The number of benzene rings is 2. The lowest BCUT2D eigenvalue weighted by molar-refractivity contribution is -0.131. The molecule has 0 radical (unpaired) electrons. The van der Waals surface area contributed by atoms with Crippen molar-refractivity contribution in [3.8, 4) is 0 Å². The third-order valence-electron chi connectivity index (χ3n) is 5.84. The number of ketones is 1. The standard InChI is InChI=1S/C23H25FN4O3/c1-17(29)18-6-8-19(9-7-18)25-10-12-26(13-11-25)22(30)16-27-14-15-28(23(27)31)21-5-3-2-4-20(21)24/h2-9H,10-16H2,1H3. The highest BCUT2D eigenvalue weighted by atomic mass is 19.1. The summed E-state index contributed by atoms with van der Waals surface area (Å²) in [4.78, 5) is 43.6. The zero-order chi connectivity index (χ0) is 22.0. The zero-order valence-electron chi connectivity index (χ0n) is 17.5. The summed E-state index contributed by atoms with van der Waals surface area (Å²) in [6, 6.07) is 13.3. The van der Waals surface area contributed by atoms with E-state index in [1.54, 1.807) is 30.0 Å². The Morgan fingerprint density at radius 2 is 1.58 bits per heavy atom. The van der Waals surface area contributed by atoms with Crippen molar-refractivity contribution in [3.63, 3.8) is 0 Å². The molecule has 4 rings (SSSR count). The van der Waals surface area contributed by atoms with Crippen LogP contribution >= 0.6 is 0 Å². The molecule has 162 valence electrons. The Morgan fingerprint density at radius 3 is 2.23 bits per heavy atom. The van der Waals surface area contributed by atoms with Crippen LogP contribution in [0.25, 0.3) is 0 Å². The predicted octanol–water partition coefficient (Wildman–Crippen LogP) is 2.62. The van der Waals surface area contributed by atoms with Crippen molar-refractivity contribution in [1.82, 2.24) is 9.80 Å². The Hall–Kier alpha value is -3.42. The van der Waals surface area contributed by atoms with Crippen LogP contribution in [-0.2, 0) is 4.79 Å². The smallest absolute Gasteiger partial charge is 0.325 e. The van der Waals surface area contributed by atoms with Gasteiger partial charge in [0.05, 0.1) is 5.69 Å². The van der Waals surface area contributed by atoms with Crippen LogP contribution in [0.5, 0.6) is 0 Å². The summed E-state index contributed by atoms with van der Waals surface area (Å²) in [6.45, 7) is 4.77. The molecule has 0 saturated carbocycles. The molecule has 2 fully saturated rings. The molecule has 31 heavy (non-hydrogen) atoms. The first kappa shape index (κ1) is 20.8. The molecule has 2 saturated heterocycles. The Bertz CT molecular complexity index is 987. The van der Waals surface area contributed by atoms with Gasteiger partial charge in [-0.1, -0.05) is 12.1 Å². The summed E-state index contributed by atoms with van der Waals surface area (Å²) in [5.41, 5.74) is 1.94. The molecule has 8 heteroatoms. The monoisotopic (exact) mass is 424 g/mol. The summed E-state index contributed by atoms with van der Waals surface area (Å²) < 4.78 is 14.0. The Labute approximate surface area is 180 Å². The number of hydrogen-bond acceptors (Lipinski definition) is 4. The molecular formula is C23H25FN4O3. The Morgan fingerprint density at radius 1 is 0.903 bits per heavy atom. The minimum atomic E-state index is -0.448. The Kier molecular flexibility index (Phi) is 5.88. The first-order chi connectivity index (χ1) is 14.9. The van der Waals surface area contributed by atoms with E-state index in [0.29, 0.717) is 44.8 Å². The molecule has 0 unspecified atom stereocenters. The SMILES string of the molecule is CC(=O)c1ccc(N2CCN(C(=O)CN3CCN(c4ccccc4F)C3=O)CC2)cc1. The van der Waals surface area contributed by atoms with Gasteiger partial charge < -0.3 is 14.7 Å². The molecule has 0 aromatic heterocycles. The van der Waals surface area contributed by atoms with Gasteiger partial charge in [-0.05, 0) is 43.3 Å². The van der Waals surface area contributed by atoms with Gasteiger partial charge in [-0.15, -0.1) is 0 Å².